The number of urea groups is 1. The summed E-state index contributed by atoms with van der Waals surface area (Å²) < 4.78 is 108. The molecular weight excluding hydrogens is 490 g/mol. The maximum absolute atomic E-state index is 13.0. The summed E-state index contributed by atoms with van der Waals surface area (Å²) in [5.41, 5.74) is 1.55. The number of halogens is 6. The molecule has 0 atom stereocenters. The number of hydrazone groups is 1. The van der Waals surface area contributed by atoms with Gasteiger partial charge in [0, 0.05) is 17.7 Å². The normalized spacial score (nSPS) is 12.5. The van der Waals surface area contributed by atoms with Gasteiger partial charge in [-0.3, -0.25) is 10.1 Å². The van der Waals surface area contributed by atoms with Crippen LogP contribution in [0, 0.1) is 10.1 Å². The molecule has 0 fully saturated rings. The van der Waals surface area contributed by atoms with Crippen LogP contribution in [0.4, 0.5) is 36.8 Å². The Morgan fingerprint density at radius 3 is 2.06 bits per heavy atom. The van der Waals surface area contributed by atoms with Crippen molar-refractivity contribution in [2.24, 2.45) is 10.8 Å². The molecule has 2 aromatic rings. The maximum atomic E-state index is 13.0. The zero-order valence-corrected chi connectivity index (χ0v) is 16.5. The van der Waals surface area contributed by atoms with Crippen molar-refractivity contribution in [3.8, 4) is 5.75 Å². The monoisotopic (exact) mass is 500 g/mol. The molecule has 0 spiro atoms. The molecule has 0 aliphatic carbocycles. The minimum absolute atomic E-state index is 0.0711. The minimum Gasteiger partial charge on any atom is -0.378 e. The lowest BCUT2D eigenvalue weighted by Crippen LogP contribution is -2.24. The van der Waals surface area contributed by atoms with Crippen molar-refractivity contribution >= 4 is 28.1 Å². The van der Waals surface area contributed by atoms with Crippen molar-refractivity contribution in [1.82, 2.24) is 5.43 Å². The Bertz CT molecular complexity index is 1190. The van der Waals surface area contributed by atoms with Gasteiger partial charge in [0.1, 0.15) is 4.90 Å². The van der Waals surface area contributed by atoms with Gasteiger partial charge in [0.2, 0.25) is 0 Å². The van der Waals surface area contributed by atoms with E-state index in [0.29, 0.717) is 18.3 Å². The third kappa shape index (κ3) is 6.55. The number of amides is 2. The molecule has 3 N–H and O–H groups in total. The molecule has 2 amide bonds. The first-order chi connectivity index (χ1) is 15.0. The zero-order chi connectivity index (χ0) is 25.2. The van der Waals surface area contributed by atoms with E-state index in [-0.39, 0.29) is 18.2 Å². The van der Waals surface area contributed by atoms with Gasteiger partial charge in [-0.25, -0.2) is 10.2 Å². The highest BCUT2D eigenvalue weighted by atomic mass is 32.2. The Morgan fingerprint density at radius 2 is 1.61 bits per heavy atom. The Hall–Kier alpha value is -3.89. The molecule has 2 aromatic carbocycles. The summed E-state index contributed by atoms with van der Waals surface area (Å²) in [5.74, 6) is -0.762. The predicted octanol–water partition coefficient (Wildman–Crippen LogP) is 3.40. The summed E-state index contributed by atoms with van der Waals surface area (Å²) in [7, 11) is -5.32. The molecule has 10 nitrogen and oxygen atoms in total. The van der Waals surface area contributed by atoms with Crippen LogP contribution in [-0.2, 0) is 22.5 Å². The number of carbonyl (C=O) groups is 1. The SMILES string of the molecule is NC(=O)NN=Cc1cc([N+](=O)[O-])ccc1OS(=O)(=O)c1cc(C(F)(F)F)cc(C(F)(F)F)c1. The zero-order valence-electron chi connectivity index (χ0n) is 15.6. The third-order valence-corrected chi connectivity index (χ3v) is 4.84. The fourth-order valence-electron chi connectivity index (χ4n) is 2.23. The number of alkyl halides is 6. The van der Waals surface area contributed by atoms with Crippen LogP contribution in [0.1, 0.15) is 16.7 Å². The van der Waals surface area contributed by atoms with Crippen molar-refractivity contribution in [3.05, 3.63) is 63.2 Å². The van der Waals surface area contributed by atoms with Crippen LogP contribution in [0.3, 0.4) is 0 Å². The van der Waals surface area contributed by atoms with Crippen LogP contribution in [0.5, 0.6) is 5.75 Å². The van der Waals surface area contributed by atoms with Gasteiger partial charge in [-0.2, -0.15) is 39.9 Å². The molecule has 0 heterocycles. The van der Waals surface area contributed by atoms with Gasteiger partial charge in [0.25, 0.3) is 5.69 Å². The second kappa shape index (κ2) is 8.93. The van der Waals surface area contributed by atoms with Crippen LogP contribution in [0.2, 0.25) is 0 Å². The quantitative estimate of drug-likeness (QED) is 0.204. The average Bonchev–Trinajstić information content (AvgIpc) is 2.66. The Balaban J connectivity index is 2.60. The van der Waals surface area contributed by atoms with Crippen molar-refractivity contribution in [2.75, 3.05) is 0 Å². The van der Waals surface area contributed by atoms with E-state index in [0.717, 1.165) is 6.07 Å². The first-order valence-electron chi connectivity index (χ1n) is 8.11. The highest BCUT2D eigenvalue weighted by molar-refractivity contribution is 7.87. The van der Waals surface area contributed by atoms with Gasteiger partial charge < -0.3 is 9.92 Å². The van der Waals surface area contributed by atoms with E-state index < -0.39 is 66.4 Å². The largest absolute Gasteiger partial charge is 0.416 e. The third-order valence-electron chi connectivity index (χ3n) is 3.63. The Kier molecular flexibility index (Phi) is 6.86. The van der Waals surface area contributed by atoms with E-state index in [1.54, 1.807) is 5.43 Å². The molecule has 0 aliphatic rings. The maximum Gasteiger partial charge on any atom is 0.416 e. The van der Waals surface area contributed by atoms with Crippen molar-refractivity contribution in [3.63, 3.8) is 0 Å². The van der Waals surface area contributed by atoms with E-state index in [1.807, 2.05) is 0 Å². The van der Waals surface area contributed by atoms with Crippen molar-refractivity contribution < 1.29 is 48.7 Å². The number of rotatable bonds is 6. The molecule has 33 heavy (non-hydrogen) atoms. The summed E-state index contributed by atoms with van der Waals surface area (Å²) in [5, 5.41) is 14.2. The van der Waals surface area contributed by atoms with Gasteiger partial charge in [-0.1, -0.05) is 0 Å². The highest BCUT2D eigenvalue weighted by Gasteiger charge is 2.38. The summed E-state index contributed by atoms with van der Waals surface area (Å²) in [4.78, 5) is 19.2. The molecule has 0 saturated carbocycles. The van der Waals surface area contributed by atoms with Crippen molar-refractivity contribution in [1.29, 1.82) is 0 Å². The number of primary amides is 1. The highest BCUT2D eigenvalue weighted by Crippen LogP contribution is 2.38. The smallest absolute Gasteiger partial charge is 0.378 e. The molecule has 178 valence electrons. The fraction of sp³-hybridized carbons (Fsp3) is 0.125. The number of nitro groups is 1. The number of hydrogen-bond donors (Lipinski definition) is 2. The van der Waals surface area contributed by atoms with Crippen LogP contribution < -0.4 is 15.3 Å². The predicted molar refractivity (Wildman–Crippen MR) is 97.7 cm³/mol. The lowest BCUT2D eigenvalue weighted by molar-refractivity contribution is -0.384. The Labute approximate surface area is 179 Å². The standard InChI is InChI=1S/C16H10F6N4O6S/c17-15(18,19)9-4-10(16(20,21)22)6-12(5-9)33(30,31)32-13-2-1-11(26(28)29)3-8(13)7-24-25-14(23)27/h1-7H,(H3,23,25,27). The lowest BCUT2D eigenvalue weighted by atomic mass is 10.1. The van der Waals surface area contributed by atoms with Gasteiger partial charge in [0.15, 0.2) is 5.75 Å². The number of nitrogens with zero attached hydrogens (tertiary/aromatic N) is 2. The second-order valence-corrected chi connectivity index (χ2v) is 7.54. The number of hydrogen-bond acceptors (Lipinski definition) is 7. The van der Waals surface area contributed by atoms with E-state index in [9.17, 15) is 49.7 Å². The van der Waals surface area contributed by atoms with Crippen LogP contribution in [-0.4, -0.2) is 25.6 Å². The first kappa shape index (κ1) is 25.4. The van der Waals surface area contributed by atoms with Gasteiger partial charge in [-0.15, -0.1) is 0 Å². The number of nitrogens with one attached hydrogen (secondary N) is 1. The molecule has 0 aliphatic heterocycles. The number of carbonyl (C=O) groups excluding carboxylic acids is 1. The topological polar surface area (TPSA) is 154 Å². The van der Waals surface area contributed by atoms with E-state index in [4.69, 9.17) is 5.73 Å². The first-order valence-corrected chi connectivity index (χ1v) is 9.52. The molecule has 0 radical (unpaired) electrons. The summed E-state index contributed by atoms with van der Waals surface area (Å²) in [6.07, 6.45) is -10.00. The summed E-state index contributed by atoms with van der Waals surface area (Å²) >= 11 is 0. The number of non-ortho nitro benzene ring substituents is 1. The van der Waals surface area contributed by atoms with Gasteiger partial charge >= 0.3 is 28.5 Å². The minimum atomic E-state index is -5.32. The van der Waals surface area contributed by atoms with E-state index in [2.05, 4.69) is 9.28 Å². The fourth-order valence-corrected chi connectivity index (χ4v) is 3.26. The van der Waals surface area contributed by atoms with Gasteiger partial charge in [-0.05, 0) is 24.3 Å². The summed E-state index contributed by atoms with van der Waals surface area (Å²) in [6.45, 7) is 0. The number of benzene rings is 2. The molecular formula is C16H10F6N4O6S. The van der Waals surface area contributed by atoms with Crippen LogP contribution in [0.25, 0.3) is 0 Å². The molecule has 2 rings (SSSR count). The summed E-state index contributed by atoms with van der Waals surface area (Å²) in [6, 6.07) is 0.575. The second-order valence-electron chi connectivity index (χ2n) is 5.99. The molecule has 0 unspecified atom stereocenters. The van der Waals surface area contributed by atoms with E-state index >= 15 is 0 Å². The molecule has 17 heteroatoms. The molecule has 0 bridgehead atoms. The lowest BCUT2D eigenvalue weighted by Gasteiger charge is -2.15. The van der Waals surface area contributed by atoms with Gasteiger partial charge in [0.05, 0.1) is 22.3 Å². The van der Waals surface area contributed by atoms with Crippen LogP contribution in [0.15, 0.2) is 46.4 Å². The van der Waals surface area contributed by atoms with Crippen LogP contribution >= 0.6 is 0 Å². The molecule has 0 aromatic heterocycles. The number of nitro benzene ring substituents is 1. The van der Waals surface area contributed by atoms with E-state index in [1.165, 1.54) is 0 Å². The molecule has 0 saturated heterocycles. The number of nitrogens with two attached hydrogens (primary N) is 1. The average molecular weight is 500 g/mol. The van der Waals surface area contributed by atoms with Crippen molar-refractivity contribution in [2.45, 2.75) is 17.2 Å². The Morgan fingerprint density at radius 1 is 1.06 bits per heavy atom.